The number of nitrogens with zero attached hydrogens (tertiary/aromatic N) is 6. The molecular weight excluding hydrogens is 332 g/mol. The van der Waals surface area contributed by atoms with Gasteiger partial charge in [0.05, 0.1) is 5.41 Å². The fourth-order valence-electron chi connectivity index (χ4n) is 4.29. The molecule has 26 heavy (non-hydrogen) atoms. The van der Waals surface area contributed by atoms with Crippen molar-refractivity contribution >= 4 is 17.9 Å². The van der Waals surface area contributed by atoms with E-state index in [4.69, 9.17) is 0 Å². The third kappa shape index (κ3) is 3.20. The van der Waals surface area contributed by atoms with Crippen molar-refractivity contribution in [3.63, 3.8) is 0 Å². The van der Waals surface area contributed by atoms with Crippen LogP contribution in [0.3, 0.4) is 0 Å². The fraction of sp³-hybridized carbons (Fsp3) is 0.667. The van der Waals surface area contributed by atoms with Gasteiger partial charge < -0.3 is 19.6 Å². The molecular formula is C18H28N6O2. The van der Waals surface area contributed by atoms with Crippen LogP contribution in [0.2, 0.25) is 0 Å². The minimum atomic E-state index is -0.496. The Morgan fingerprint density at radius 3 is 2.42 bits per heavy atom. The molecule has 0 bridgehead atoms. The zero-order valence-corrected chi connectivity index (χ0v) is 16.1. The number of aromatic nitrogens is 2. The van der Waals surface area contributed by atoms with Gasteiger partial charge in [-0.15, -0.1) is 0 Å². The van der Waals surface area contributed by atoms with E-state index in [0.717, 1.165) is 12.8 Å². The van der Waals surface area contributed by atoms with Gasteiger partial charge in [-0.1, -0.05) is 0 Å². The molecule has 2 aliphatic heterocycles. The van der Waals surface area contributed by atoms with E-state index in [1.54, 1.807) is 42.4 Å². The van der Waals surface area contributed by atoms with Crippen molar-refractivity contribution in [2.45, 2.75) is 12.8 Å². The average Bonchev–Trinajstić information content (AvgIpc) is 2.90. The highest BCUT2D eigenvalue weighted by atomic mass is 16.2. The van der Waals surface area contributed by atoms with E-state index in [0.29, 0.717) is 32.1 Å². The van der Waals surface area contributed by atoms with Crippen LogP contribution >= 0.6 is 0 Å². The van der Waals surface area contributed by atoms with E-state index in [2.05, 4.69) is 14.9 Å². The second kappa shape index (κ2) is 7.09. The van der Waals surface area contributed by atoms with E-state index in [1.807, 2.05) is 19.0 Å². The Balaban J connectivity index is 1.92. The van der Waals surface area contributed by atoms with Crippen LogP contribution in [-0.4, -0.2) is 91.0 Å². The molecule has 2 atom stereocenters. The number of anilines is 1. The zero-order valence-electron chi connectivity index (χ0n) is 16.1. The normalized spacial score (nSPS) is 25.5. The maximum atomic E-state index is 13.2. The van der Waals surface area contributed by atoms with Crippen molar-refractivity contribution in [2.75, 3.05) is 59.3 Å². The predicted octanol–water partition coefficient (Wildman–Crippen LogP) is 0.765. The molecule has 2 aliphatic rings. The van der Waals surface area contributed by atoms with E-state index in [9.17, 15) is 9.59 Å². The van der Waals surface area contributed by atoms with Crippen LogP contribution in [0.15, 0.2) is 18.5 Å². The number of hydrogen-bond acceptors (Lipinski definition) is 5. The Morgan fingerprint density at radius 2 is 1.81 bits per heavy atom. The standard InChI is InChI=1S/C18H28N6O2/c1-21(2)15(25)18-7-5-10-23(17(26)22(3)4)11-14(18)12-24(13-18)16-19-8-6-9-20-16/h6,8-9,14H,5,7,10-13H2,1-4H3/t14-,18-/m1/s1. The molecule has 0 radical (unpaired) electrons. The number of urea groups is 1. The van der Waals surface area contributed by atoms with E-state index >= 15 is 0 Å². The summed E-state index contributed by atoms with van der Waals surface area (Å²) in [5.41, 5.74) is -0.496. The SMILES string of the molecule is CN(C)C(=O)N1CCC[C@@]2(C(=O)N(C)C)CN(c3ncccn3)C[C@H]2C1. The molecule has 2 saturated heterocycles. The molecule has 8 nitrogen and oxygen atoms in total. The summed E-state index contributed by atoms with van der Waals surface area (Å²) in [5, 5.41) is 0. The highest BCUT2D eigenvalue weighted by Gasteiger charge is 2.54. The number of carbonyl (C=O) groups excluding carboxylic acids is 2. The van der Waals surface area contributed by atoms with Crippen molar-refractivity contribution in [2.24, 2.45) is 11.3 Å². The van der Waals surface area contributed by atoms with Crippen molar-refractivity contribution < 1.29 is 9.59 Å². The van der Waals surface area contributed by atoms with Gasteiger partial charge in [-0.25, -0.2) is 14.8 Å². The largest absolute Gasteiger partial charge is 0.348 e. The summed E-state index contributed by atoms with van der Waals surface area (Å²) < 4.78 is 0. The first kappa shape index (κ1) is 18.4. The maximum Gasteiger partial charge on any atom is 0.319 e. The lowest BCUT2D eigenvalue weighted by molar-refractivity contribution is -0.141. The topological polar surface area (TPSA) is 72.9 Å². The fourth-order valence-corrected chi connectivity index (χ4v) is 4.29. The first-order chi connectivity index (χ1) is 12.3. The van der Waals surface area contributed by atoms with Crippen molar-refractivity contribution in [3.8, 4) is 0 Å². The summed E-state index contributed by atoms with van der Waals surface area (Å²) in [6.07, 6.45) is 5.03. The average molecular weight is 360 g/mol. The van der Waals surface area contributed by atoms with Gasteiger partial charge in [-0.2, -0.15) is 0 Å². The zero-order chi connectivity index (χ0) is 18.9. The lowest BCUT2D eigenvalue weighted by Crippen LogP contribution is -2.48. The Hall–Kier alpha value is -2.38. The first-order valence-electron chi connectivity index (χ1n) is 9.05. The van der Waals surface area contributed by atoms with Gasteiger partial charge in [0.15, 0.2) is 0 Å². The second-order valence-corrected chi connectivity index (χ2v) is 7.71. The van der Waals surface area contributed by atoms with Crippen LogP contribution < -0.4 is 4.90 Å². The Kier molecular flexibility index (Phi) is 5.02. The lowest BCUT2D eigenvalue weighted by atomic mass is 9.74. The first-order valence-corrected chi connectivity index (χ1v) is 9.05. The van der Waals surface area contributed by atoms with E-state index < -0.39 is 5.41 Å². The second-order valence-electron chi connectivity index (χ2n) is 7.71. The molecule has 3 amide bonds. The molecule has 2 fully saturated rings. The summed E-state index contributed by atoms with van der Waals surface area (Å²) in [6.45, 7) is 2.56. The molecule has 0 N–H and O–H groups in total. The molecule has 8 heteroatoms. The van der Waals surface area contributed by atoms with Gasteiger partial charge in [-0.05, 0) is 18.9 Å². The van der Waals surface area contributed by atoms with Crippen LogP contribution in [0, 0.1) is 11.3 Å². The number of likely N-dealkylation sites (tertiary alicyclic amines) is 1. The van der Waals surface area contributed by atoms with Gasteiger partial charge >= 0.3 is 6.03 Å². The molecule has 1 aromatic heterocycles. The molecule has 0 aromatic carbocycles. The number of amides is 3. The van der Waals surface area contributed by atoms with Crippen LogP contribution in [0.4, 0.5) is 10.7 Å². The number of carbonyl (C=O) groups is 2. The third-order valence-corrected chi connectivity index (χ3v) is 5.51. The quantitative estimate of drug-likeness (QED) is 0.779. The third-order valence-electron chi connectivity index (χ3n) is 5.51. The van der Waals surface area contributed by atoms with Crippen molar-refractivity contribution in [3.05, 3.63) is 18.5 Å². The van der Waals surface area contributed by atoms with Gasteiger partial charge in [-0.3, -0.25) is 4.79 Å². The van der Waals surface area contributed by atoms with E-state index in [1.165, 1.54) is 0 Å². The Morgan fingerprint density at radius 1 is 1.12 bits per heavy atom. The molecule has 3 heterocycles. The van der Waals surface area contributed by atoms with Crippen LogP contribution in [-0.2, 0) is 4.79 Å². The van der Waals surface area contributed by atoms with Crippen LogP contribution in [0.5, 0.6) is 0 Å². The smallest absolute Gasteiger partial charge is 0.319 e. The molecule has 0 aliphatic carbocycles. The van der Waals surface area contributed by atoms with Gasteiger partial charge in [0, 0.05) is 72.7 Å². The van der Waals surface area contributed by atoms with E-state index in [-0.39, 0.29) is 17.9 Å². The summed E-state index contributed by atoms with van der Waals surface area (Å²) in [5.74, 6) is 0.852. The molecule has 0 saturated carbocycles. The van der Waals surface area contributed by atoms with Gasteiger partial charge in [0.1, 0.15) is 0 Å². The lowest BCUT2D eigenvalue weighted by Gasteiger charge is -2.34. The minimum absolute atomic E-state index is 0.00696. The molecule has 0 unspecified atom stereocenters. The Labute approximate surface area is 154 Å². The molecule has 0 spiro atoms. The molecule has 1 aromatic rings. The summed E-state index contributed by atoms with van der Waals surface area (Å²) in [4.78, 5) is 41.7. The Bertz CT molecular complexity index is 665. The van der Waals surface area contributed by atoms with Crippen LogP contribution in [0.1, 0.15) is 12.8 Å². The monoisotopic (exact) mass is 360 g/mol. The minimum Gasteiger partial charge on any atom is -0.348 e. The number of fused-ring (bicyclic) bond motifs is 1. The van der Waals surface area contributed by atoms with Crippen molar-refractivity contribution in [1.29, 1.82) is 0 Å². The molecule has 142 valence electrons. The number of rotatable bonds is 2. The molecule has 3 rings (SSSR count). The number of hydrogen-bond donors (Lipinski definition) is 0. The van der Waals surface area contributed by atoms with Crippen LogP contribution in [0.25, 0.3) is 0 Å². The highest BCUT2D eigenvalue weighted by molar-refractivity contribution is 5.84. The summed E-state index contributed by atoms with van der Waals surface area (Å²) >= 11 is 0. The van der Waals surface area contributed by atoms with Gasteiger partial charge in [0.2, 0.25) is 11.9 Å². The highest BCUT2D eigenvalue weighted by Crippen LogP contribution is 2.44. The summed E-state index contributed by atoms with van der Waals surface area (Å²) in [7, 11) is 7.15. The van der Waals surface area contributed by atoms with Gasteiger partial charge in [0.25, 0.3) is 0 Å². The summed E-state index contributed by atoms with van der Waals surface area (Å²) in [6, 6.07) is 1.79. The maximum absolute atomic E-state index is 13.2. The predicted molar refractivity (Wildman–Crippen MR) is 98.8 cm³/mol. The van der Waals surface area contributed by atoms with Crippen molar-refractivity contribution in [1.82, 2.24) is 24.7 Å².